The van der Waals surface area contributed by atoms with Gasteiger partial charge in [0.1, 0.15) is 0 Å². The first-order chi connectivity index (χ1) is 6.58. The molecule has 0 saturated heterocycles. The van der Waals surface area contributed by atoms with Crippen molar-refractivity contribution in [1.82, 2.24) is 0 Å². The summed E-state index contributed by atoms with van der Waals surface area (Å²) in [7, 11) is 0. The lowest BCUT2D eigenvalue weighted by Gasteiger charge is -1.98. The van der Waals surface area contributed by atoms with Crippen LogP contribution < -0.4 is 10.7 Å². The minimum atomic E-state index is -0.893. The highest BCUT2D eigenvalue weighted by Gasteiger charge is 2.15. The summed E-state index contributed by atoms with van der Waals surface area (Å²) in [5.74, 6) is -1.79. The second-order valence-corrected chi connectivity index (χ2v) is 3.40. The van der Waals surface area contributed by atoms with E-state index < -0.39 is 11.8 Å². The van der Waals surface area contributed by atoms with Crippen LogP contribution in [0.15, 0.2) is 22.1 Å². The average Bonchev–Trinajstić information content (AvgIpc) is 2.11. The molecular weight excluding hydrogens is 227 g/mol. The van der Waals surface area contributed by atoms with E-state index in [0.717, 1.165) is 0 Å². The summed E-state index contributed by atoms with van der Waals surface area (Å²) in [5, 5.41) is 1.08. The molecule has 1 aromatic rings. The van der Waals surface area contributed by atoms with Crippen LogP contribution >= 0.6 is 23.2 Å². The molecule has 6 heteroatoms. The SMILES string of the molecule is O=C1N=c2cc(Cl)c(Cl)cc2=NC1=O. The van der Waals surface area contributed by atoms with Crippen LogP contribution in [-0.2, 0) is 9.59 Å². The first kappa shape index (κ1) is 9.30. The molecule has 1 aliphatic heterocycles. The number of fused-ring (bicyclic) bond motifs is 1. The molecule has 1 aliphatic rings. The van der Waals surface area contributed by atoms with E-state index >= 15 is 0 Å². The smallest absolute Gasteiger partial charge is 0.261 e. The molecule has 2 rings (SSSR count). The Morgan fingerprint density at radius 3 is 1.57 bits per heavy atom. The first-order valence-electron chi connectivity index (χ1n) is 3.59. The molecule has 0 spiro atoms. The molecule has 0 N–H and O–H groups in total. The Balaban J connectivity index is 2.87. The minimum absolute atomic E-state index is 0.268. The normalized spacial score (nSPS) is 14.4. The van der Waals surface area contributed by atoms with E-state index in [1.54, 1.807) is 0 Å². The van der Waals surface area contributed by atoms with Crippen LogP contribution in [0.1, 0.15) is 0 Å². The second kappa shape index (κ2) is 3.15. The van der Waals surface area contributed by atoms with Crippen LogP contribution in [0.4, 0.5) is 0 Å². The van der Waals surface area contributed by atoms with Gasteiger partial charge in [0.2, 0.25) is 0 Å². The van der Waals surface area contributed by atoms with Gasteiger partial charge >= 0.3 is 11.8 Å². The summed E-state index contributed by atoms with van der Waals surface area (Å²) in [6.45, 7) is 0. The van der Waals surface area contributed by atoms with E-state index in [1.165, 1.54) is 12.1 Å². The fourth-order valence-corrected chi connectivity index (χ4v) is 1.34. The Bertz CT molecular complexity index is 514. The number of hydrogen-bond acceptors (Lipinski definition) is 2. The third-order valence-corrected chi connectivity index (χ3v) is 2.37. The fraction of sp³-hybridized carbons (Fsp3) is 0. The number of carbonyl (C=O) groups is 2. The van der Waals surface area contributed by atoms with E-state index in [0.29, 0.717) is 0 Å². The minimum Gasteiger partial charge on any atom is -0.261 e. The molecule has 0 bridgehead atoms. The van der Waals surface area contributed by atoms with Gasteiger partial charge in [-0.1, -0.05) is 23.2 Å². The van der Waals surface area contributed by atoms with Crippen molar-refractivity contribution in [1.29, 1.82) is 0 Å². The summed E-state index contributed by atoms with van der Waals surface area (Å²) in [4.78, 5) is 28.7. The van der Waals surface area contributed by atoms with Gasteiger partial charge in [0, 0.05) is 0 Å². The highest BCUT2D eigenvalue weighted by atomic mass is 35.5. The van der Waals surface area contributed by atoms with Gasteiger partial charge < -0.3 is 0 Å². The molecule has 0 fully saturated rings. The van der Waals surface area contributed by atoms with Crippen LogP contribution in [0.2, 0.25) is 10.0 Å². The van der Waals surface area contributed by atoms with Crippen molar-refractivity contribution in [3.63, 3.8) is 0 Å². The number of rotatable bonds is 0. The maximum Gasteiger partial charge on any atom is 0.338 e. The molecule has 14 heavy (non-hydrogen) atoms. The summed E-state index contributed by atoms with van der Waals surface area (Å²) in [5.41, 5.74) is 0. The summed E-state index contributed by atoms with van der Waals surface area (Å²) >= 11 is 11.4. The van der Waals surface area contributed by atoms with Crippen LogP contribution in [-0.4, -0.2) is 11.8 Å². The van der Waals surface area contributed by atoms with E-state index in [4.69, 9.17) is 23.2 Å². The largest absolute Gasteiger partial charge is 0.338 e. The van der Waals surface area contributed by atoms with Crippen LogP contribution in [0.5, 0.6) is 0 Å². The Morgan fingerprint density at radius 1 is 0.857 bits per heavy atom. The second-order valence-electron chi connectivity index (χ2n) is 2.59. The van der Waals surface area contributed by atoms with Crippen LogP contribution in [0, 0.1) is 0 Å². The highest BCUT2D eigenvalue weighted by molar-refractivity contribution is 6.42. The molecule has 0 radical (unpaired) electrons. The first-order valence-corrected chi connectivity index (χ1v) is 4.34. The van der Waals surface area contributed by atoms with Crippen molar-refractivity contribution in [2.45, 2.75) is 0 Å². The Kier molecular flexibility index (Phi) is 2.09. The highest BCUT2D eigenvalue weighted by Crippen LogP contribution is 2.16. The van der Waals surface area contributed by atoms with E-state index in [9.17, 15) is 9.59 Å². The molecule has 0 atom stereocenters. The maximum atomic E-state index is 10.9. The number of benzene rings is 1. The molecule has 1 aromatic carbocycles. The van der Waals surface area contributed by atoms with E-state index in [2.05, 4.69) is 9.98 Å². The number of carbonyl (C=O) groups excluding carboxylic acids is 2. The molecule has 1 heterocycles. The quantitative estimate of drug-likeness (QED) is 0.600. The van der Waals surface area contributed by atoms with Crippen molar-refractivity contribution in [3.05, 3.63) is 32.9 Å². The predicted molar refractivity (Wildman–Crippen MR) is 48.8 cm³/mol. The van der Waals surface area contributed by atoms with Gasteiger partial charge in [-0.15, -0.1) is 0 Å². The van der Waals surface area contributed by atoms with Crippen LogP contribution in [0.25, 0.3) is 0 Å². The van der Waals surface area contributed by atoms with Crippen molar-refractivity contribution in [2.75, 3.05) is 0 Å². The molecule has 0 aliphatic carbocycles. The number of amides is 2. The zero-order valence-corrected chi connectivity index (χ0v) is 8.13. The van der Waals surface area contributed by atoms with Gasteiger partial charge in [0.15, 0.2) is 0 Å². The standard InChI is InChI=1S/C8H2Cl2N2O2/c9-3-1-5-6(2-4(3)10)12-8(14)7(13)11-5/h1-2H. The Labute approximate surface area is 87.9 Å². The summed E-state index contributed by atoms with van der Waals surface area (Å²) in [6, 6.07) is 2.79. The lowest BCUT2D eigenvalue weighted by molar-refractivity contribution is -0.135. The van der Waals surface area contributed by atoms with Gasteiger partial charge in [-0.25, -0.2) is 9.98 Å². The van der Waals surface area contributed by atoms with Crippen molar-refractivity contribution < 1.29 is 9.59 Å². The number of nitrogens with zero attached hydrogens (tertiary/aromatic N) is 2. The third kappa shape index (κ3) is 1.42. The lowest BCUT2D eigenvalue weighted by atomic mass is 10.3. The lowest BCUT2D eigenvalue weighted by Crippen LogP contribution is -2.34. The topological polar surface area (TPSA) is 58.9 Å². The maximum absolute atomic E-state index is 10.9. The fourth-order valence-electron chi connectivity index (χ4n) is 1.02. The predicted octanol–water partition coefficient (Wildman–Crippen LogP) is 0.299. The molecule has 0 saturated carbocycles. The van der Waals surface area contributed by atoms with Gasteiger partial charge in [-0.2, -0.15) is 0 Å². The summed E-state index contributed by atoms with van der Waals surface area (Å²) < 4.78 is 0. The van der Waals surface area contributed by atoms with Crippen LogP contribution in [0.3, 0.4) is 0 Å². The third-order valence-electron chi connectivity index (χ3n) is 1.64. The van der Waals surface area contributed by atoms with E-state index in [1.807, 2.05) is 0 Å². The van der Waals surface area contributed by atoms with Crippen molar-refractivity contribution in [3.8, 4) is 0 Å². The molecule has 70 valence electrons. The van der Waals surface area contributed by atoms with Gasteiger partial charge in [-0.3, -0.25) is 9.59 Å². The molecule has 2 amide bonds. The summed E-state index contributed by atoms with van der Waals surface area (Å²) in [6.07, 6.45) is 0. The van der Waals surface area contributed by atoms with E-state index in [-0.39, 0.29) is 20.8 Å². The molecule has 0 aromatic heterocycles. The molecule has 4 nitrogen and oxygen atoms in total. The van der Waals surface area contributed by atoms with Gasteiger partial charge in [0.25, 0.3) is 0 Å². The van der Waals surface area contributed by atoms with Crippen molar-refractivity contribution in [2.24, 2.45) is 9.98 Å². The Morgan fingerprint density at radius 2 is 1.21 bits per heavy atom. The Hall–Kier alpha value is -1.26. The monoisotopic (exact) mass is 228 g/mol. The zero-order chi connectivity index (χ0) is 10.3. The number of halogens is 2. The average molecular weight is 229 g/mol. The van der Waals surface area contributed by atoms with Gasteiger partial charge in [0.05, 0.1) is 20.8 Å². The van der Waals surface area contributed by atoms with Crippen molar-refractivity contribution >= 4 is 35.0 Å². The zero-order valence-electron chi connectivity index (χ0n) is 6.62. The number of hydrogen-bond donors (Lipinski definition) is 0. The molecule has 0 unspecified atom stereocenters. The van der Waals surface area contributed by atoms with Gasteiger partial charge in [-0.05, 0) is 12.1 Å². The molecular formula is C8H2Cl2N2O2.